The molecule has 0 aromatic rings. The van der Waals surface area contributed by atoms with Gasteiger partial charge in [0, 0.05) is 12.6 Å². The van der Waals surface area contributed by atoms with E-state index in [1.54, 1.807) is 0 Å². The summed E-state index contributed by atoms with van der Waals surface area (Å²) in [6.45, 7) is 5.86. The molecule has 1 heterocycles. The predicted molar refractivity (Wildman–Crippen MR) is 64.8 cm³/mol. The Kier molecular flexibility index (Phi) is 3.00. The third-order valence-electron chi connectivity index (χ3n) is 3.06. The number of nitrogens with zero attached hydrogens (tertiary/aromatic N) is 3. The van der Waals surface area contributed by atoms with Crippen LogP contribution in [0, 0.1) is 0 Å². The molecule has 1 aliphatic heterocycles. The number of hydrogen-bond donors (Lipinski definition) is 0. The molecule has 0 saturated heterocycles. The Balaban J connectivity index is 1.91. The highest BCUT2D eigenvalue weighted by molar-refractivity contribution is 6.11. The van der Waals surface area contributed by atoms with Gasteiger partial charge < -0.3 is 0 Å². The Morgan fingerprint density at radius 2 is 2.27 bits per heavy atom. The van der Waals surface area contributed by atoms with E-state index in [0.717, 1.165) is 25.0 Å². The molecule has 3 nitrogen and oxygen atoms in total. The third kappa shape index (κ3) is 2.53. The quantitative estimate of drug-likeness (QED) is 0.689. The minimum Gasteiger partial charge on any atom is -0.298 e. The minimum atomic E-state index is 0.789. The number of rotatable bonds is 4. The van der Waals surface area contributed by atoms with Crippen LogP contribution in [0.15, 0.2) is 21.6 Å². The van der Waals surface area contributed by atoms with Crippen LogP contribution in [0.3, 0.4) is 0 Å². The van der Waals surface area contributed by atoms with Gasteiger partial charge in [0.25, 0.3) is 0 Å². The number of amidine groups is 1. The summed E-state index contributed by atoms with van der Waals surface area (Å²) in [5.74, 6) is 0.927. The third-order valence-corrected chi connectivity index (χ3v) is 3.06. The van der Waals surface area contributed by atoms with Gasteiger partial charge in [-0.05, 0) is 39.3 Å². The van der Waals surface area contributed by atoms with E-state index in [4.69, 9.17) is 0 Å². The molecule has 0 spiro atoms. The summed E-state index contributed by atoms with van der Waals surface area (Å²) in [5.41, 5.74) is 2.39. The van der Waals surface area contributed by atoms with Crippen molar-refractivity contribution < 1.29 is 0 Å². The Morgan fingerprint density at radius 1 is 1.53 bits per heavy atom. The first kappa shape index (κ1) is 10.6. The van der Waals surface area contributed by atoms with Gasteiger partial charge in [-0.1, -0.05) is 6.08 Å². The summed E-state index contributed by atoms with van der Waals surface area (Å²) in [6.07, 6.45) is 4.77. The zero-order valence-corrected chi connectivity index (χ0v) is 9.82. The van der Waals surface area contributed by atoms with E-state index in [1.807, 2.05) is 6.92 Å². The average Bonchev–Trinajstić information content (AvgIpc) is 2.99. The standard InChI is InChI=1S/C12H19N3/c1-4-9(2)12-13-7-10(14-12)8-15(3)11-5-6-11/h4,11H,5-8H2,1-3H3/b9-4+. The SMILES string of the molecule is C/C=C(\C)C1=NCC(CN(C)C2CC2)=N1. The van der Waals surface area contributed by atoms with Crippen LogP contribution in [0.2, 0.25) is 0 Å². The average molecular weight is 205 g/mol. The van der Waals surface area contributed by atoms with Crippen LogP contribution in [0.25, 0.3) is 0 Å². The molecule has 0 amide bonds. The molecule has 1 fully saturated rings. The van der Waals surface area contributed by atoms with E-state index in [-0.39, 0.29) is 0 Å². The van der Waals surface area contributed by atoms with Crippen molar-refractivity contribution in [3.05, 3.63) is 11.6 Å². The maximum absolute atomic E-state index is 4.57. The number of hydrogen-bond acceptors (Lipinski definition) is 3. The van der Waals surface area contributed by atoms with Crippen molar-refractivity contribution in [3.63, 3.8) is 0 Å². The smallest absolute Gasteiger partial charge is 0.150 e. The van der Waals surface area contributed by atoms with Crippen molar-refractivity contribution in [1.82, 2.24) is 4.90 Å². The van der Waals surface area contributed by atoms with E-state index in [1.165, 1.54) is 24.1 Å². The molecule has 0 unspecified atom stereocenters. The lowest BCUT2D eigenvalue weighted by atomic mass is 10.3. The van der Waals surface area contributed by atoms with E-state index in [9.17, 15) is 0 Å². The highest BCUT2D eigenvalue weighted by Crippen LogP contribution is 2.25. The van der Waals surface area contributed by atoms with Gasteiger partial charge in [-0.15, -0.1) is 0 Å². The zero-order valence-electron chi connectivity index (χ0n) is 9.82. The molecule has 0 atom stereocenters. The Hall–Kier alpha value is -0.960. The summed E-state index contributed by atoms with van der Waals surface area (Å²) in [4.78, 5) is 11.4. The fraction of sp³-hybridized carbons (Fsp3) is 0.667. The van der Waals surface area contributed by atoms with E-state index in [0.29, 0.717) is 0 Å². The summed E-state index contributed by atoms with van der Waals surface area (Å²) in [5, 5.41) is 0. The molecule has 3 heteroatoms. The first-order valence-electron chi connectivity index (χ1n) is 5.65. The molecular formula is C12H19N3. The van der Waals surface area contributed by atoms with Gasteiger partial charge in [0.2, 0.25) is 0 Å². The van der Waals surface area contributed by atoms with Crippen molar-refractivity contribution in [1.29, 1.82) is 0 Å². The molecule has 0 aromatic carbocycles. The van der Waals surface area contributed by atoms with E-state index < -0.39 is 0 Å². The molecule has 0 aromatic heterocycles. The molecule has 2 rings (SSSR count). The normalized spacial score (nSPS) is 22.0. The Labute approximate surface area is 91.6 Å². The molecule has 2 aliphatic rings. The van der Waals surface area contributed by atoms with Crippen LogP contribution in [0.5, 0.6) is 0 Å². The van der Waals surface area contributed by atoms with Crippen LogP contribution >= 0.6 is 0 Å². The maximum atomic E-state index is 4.57. The largest absolute Gasteiger partial charge is 0.298 e. The molecule has 15 heavy (non-hydrogen) atoms. The van der Waals surface area contributed by atoms with E-state index in [2.05, 4.69) is 34.9 Å². The second-order valence-electron chi connectivity index (χ2n) is 4.44. The molecule has 0 N–H and O–H groups in total. The van der Waals surface area contributed by atoms with Crippen molar-refractivity contribution in [2.45, 2.75) is 32.7 Å². The fourth-order valence-corrected chi connectivity index (χ4v) is 1.75. The van der Waals surface area contributed by atoms with Gasteiger partial charge in [-0.2, -0.15) is 0 Å². The van der Waals surface area contributed by atoms with Crippen LogP contribution in [0.1, 0.15) is 26.7 Å². The van der Waals surface area contributed by atoms with Gasteiger partial charge in [-0.3, -0.25) is 9.89 Å². The van der Waals surface area contributed by atoms with Gasteiger partial charge >= 0.3 is 0 Å². The van der Waals surface area contributed by atoms with Crippen molar-refractivity contribution >= 4 is 11.5 Å². The molecule has 1 aliphatic carbocycles. The minimum absolute atomic E-state index is 0.789. The lowest BCUT2D eigenvalue weighted by Crippen LogP contribution is -2.28. The molecular weight excluding hydrogens is 186 g/mol. The molecule has 82 valence electrons. The van der Waals surface area contributed by atoms with Gasteiger partial charge in [0.05, 0.1) is 12.3 Å². The number of allylic oxidation sites excluding steroid dienone is 1. The summed E-state index contributed by atoms with van der Waals surface area (Å²) in [6, 6.07) is 0.805. The summed E-state index contributed by atoms with van der Waals surface area (Å²) >= 11 is 0. The van der Waals surface area contributed by atoms with Gasteiger partial charge in [0.15, 0.2) is 0 Å². The Morgan fingerprint density at radius 3 is 2.87 bits per heavy atom. The summed E-state index contributed by atoms with van der Waals surface area (Å²) in [7, 11) is 2.18. The Bertz CT molecular complexity index is 335. The van der Waals surface area contributed by atoms with Crippen LogP contribution < -0.4 is 0 Å². The van der Waals surface area contributed by atoms with Crippen molar-refractivity contribution in [3.8, 4) is 0 Å². The lowest BCUT2D eigenvalue weighted by molar-refractivity contribution is 0.370. The lowest BCUT2D eigenvalue weighted by Gasteiger charge is -2.14. The van der Waals surface area contributed by atoms with Gasteiger partial charge in [-0.25, -0.2) is 4.99 Å². The van der Waals surface area contributed by atoms with E-state index >= 15 is 0 Å². The first-order chi connectivity index (χ1) is 7.20. The highest BCUT2D eigenvalue weighted by Gasteiger charge is 2.27. The predicted octanol–water partition coefficient (Wildman–Crippen LogP) is 1.90. The second-order valence-corrected chi connectivity index (χ2v) is 4.44. The van der Waals surface area contributed by atoms with Crippen molar-refractivity contribution in [2.75, 3.05) is 20.1 Å². The first-order valence-corrected chi connectivity index (χ1v) is 5.65. The topological polar surface area (TPSA) is 28.0 Å². The fourth-order valence-electron chi connectivity index (χ4n) is 1.75. The summed E-state index contributed by atoms with van der Waals surface area (Å²) < 4.78 is 0. The monoisotopic (exact) mass is 205 g/mol. The maximum Gasteiger partial charge on any atom is 0.150 e. The second kappa shape index (κ2) is 4.27. The van der Waals surface area contributed by atoms with Crippen LogP contribution in [-0.4, -0.2) is 42.6 Å². The van der Waals surface area contributed by atoms with Crippen LogP contribution in [0.4, 0.5) is 0 Å². The molecule has 1 saturated carbocycles. The van der Waals surface area contributed by atoms with Crippen molar-refractivity contribution in [2.24, 2.45) is 9.98 Å². The van der Waals surface area contributed by atoms with Crippen LogP contribution in [-0.2, 0) is 0 Å². The number of aliphatic imine (C=N–C) groups is 2. The zero-order chi connectivity index (χ0) is 10.8. The highest BCUT2D eigenvalue weighted by atomic mass is 15.2. The molecule has 0 radical (unpaired) electrons. The molecule has 0 bridgehead atoms. The van der Waals surface area contributed by atoms with Gasteiger partial charge in [0.1, 0.15) is 5.84 Å².